The number of ether oxygens (including phenoxy) is 1. The number of nitro groups is 1. The summed E-state index contributed by atoms with van der Waals surface area (Å²) < 4.78 is 5.30. The molecule has 2 aromatic carbocycles. The Bertz CT molecular complexity index is 1120. The fraction of sp³-hybridized carbons (Fsp3) is 0.423. The molecule has 1 N–H and O–H groups in total. The summed E-state index contributed by atoms with van der Waals surface area (Å²) in [5.41, 5.74) is 2.48. The van der Waals surface area contributed by atoms with Gasteiger partial charge in [-0.1, -0.05) is 51.3 Å². The molecule has 0 spiro atoms. The van der Waals surface area contributed by atoms with Crippen LogP contribution in [0.3, 0.4) is 0 Å². The van der Waals surface area contributed by atoms with E-state index in [1.165, 1.54) is 30.7 Å². The van der Waals surface area contributed by atoms with Crippen molar-refractivity contribution in [3.05, 3.63) is 64.2 Å². The second-order valence-electron chi connectivity index (χ2n) is 9.40. The number of nitro benzene ring substituents is 1. The average Bonchev–Trinajstić information content (AvgIpc) is 2.95. The van der Waals surface area contributed by atoms with Crippen LogP contribution in [0.5, 0.6) is 5.75 Å². The number of aliphatic imine (C=N–C) groups is 1. The highest BCUT2D eigenvalue weighted by molar-refractivity contribution is 6.14. The summed E-state index contributed by atoms with van der Waals surface area (Å²) in [6, 6.07) is 13.0. The Labute approximate surface area is 204 Å². The number of hydrogen-bond donors (Lipinski definition) is 1. The molecule has 35 heavy (non-hydrogen) atoms. The average molecular weight is 479 g/mol. The maximum absolute atomic E-state index is 13.7. The van der Waals surface area contributed by atoms with Crippen LogP contribution >= 0.6 is 0 Å². The summed E-state index contributed by atoms with van der Waals surface area (Å²) in [7, 11) is 0. The van der Waals surface area contributed by atoms with Crippen LogP contribution in [0.1, 0.15) is 51.5 Å². The Morgan fingerprint density at radius 1 is 1.14 bits per heavy atom. The quantitative estimate of drug-likeness (QED) is 0.459. The van der Waals surface area contributed by atoms with E-state index >= 15 is 0 Å². The molecule has 1 heterocycles. The van der Waals surface area contributed by atoms with E-state index in [0.29, 0.717) is 6.54 Å². The van der Waals surface area contributed by atoms with Crippen LogP contribution in [0.25, 0.3) is 0 Å². The van der Waals surface area contributed by atoms with E-state index in [9.17, 15) is 19.7 Å². The summed E-state index contributed by atoms with van der Waals surface area (Å²) in [6.07, 6.45) is 3.40. The lowest BCUT2D eigenvalue weighted by molar-refractivity contribution is -0.384. The Morgan fingerprint density at radius 2 is 1.83 bits per heavy atom. The first kappa shape index (κ1) is 24.4. The minimum atomic E-state index is -1.14. The van der Waals surface area contributed by atoms with Crippen LogP contribution in [0.15, 0.2) is 53.5 Å². The SMILES string of the molecule is CC(C)CN1C(=O)[C@H](NC(=O)Oc2ccc([N+](=O)[O-])cc2)N=C(C2CCCCC2)c2ccccc21. The lowest BCUT2D eigenvalue weighted by Gasteiger charge is -2.27. The lowest BCUT2D eigenvalue weighted by Crippen LogP contribution is -2.49. The number of amides is 2. The molecule has 2 aromatic rings. The summed E-state index contributed by atoms with van der Waals surface area (Å²) in [5, 5.41) is 13.5. The second-order valence-corrected chi connectivity index (χ2v) is 9.40. The Balaban J connectivity index is 1.64. The fourth-order valence-corrected chi connectivity index (χ4v) is 4.69. The van der Waals surface area contributed by atoms with Crippen LogP contribution in [-0.4, -0.2) is 35.3 Å². The van der Waals surface area contributed by atoms with Gasteiger partial charge in [-0.15, -0.1) is 0 Å². The third-order valence-corrected chi connectivity index (χ3v) is 6.29. The molecule has 1 fully saturated rings. The zero-order chi connectivity index (χ0) is 24.9. The first-order valence-corrected chi connectivity index (χ1v) is 12.0. The van der Waals surface area contributed by atoms with Crippen LogP contribution in [0.2, 0.25) is 0 Å². The van der Waals surface area contributed by atoms with Gasteiger partial charge in [0.05, 0.1) is 16.3 Å². The highest BCUT2D eigenvalue weighted by Crippen LogP contribution is 2.34. The van der Waals surface area contributed by atoms with E-state index in [1.54, 1.807) is 4.90 Å². The third kappa shape index (κ3) is 5.67. The van der Waals surface area contributed by atoms with Gasteiger partial charge >= 0.3 is 6.09 Å². The van der Waals surface area contributed by atoms with Gasteiger partial charge < -0.3 is 9.64 Å². The highest BCUT2D eigenvalue weighted by atomic mass is 16.6. The molecule has 1 aliphatic heterocycles. The minimum Gasteiger partial charge on any atom is -0.410 e. The van der Waals surface area contributed by atoms with Gasteiger partial charge in [0.2, 0.25) is 6.17 Å². The molecule has 1 aliphatic carbocycles. The maximum Gasteiger partial charge on any atom is 0.414 e. The molecular formula is C26H30N4O5. The van der Waals surface area contributed by atoms with E-state index in [1.807, 2.05) is 38.1 Å². The number of para-hydroxylation sites is 1. The molecule has 2 aliphatic rings. The predicted molar refractivity (Wildman–Crippen MR) is 133 cm³/mol. The van der Waals surface area contributed by atoms with Gasteiger partial charge in [0, 0.05) is 30.2 Å². The van der Waals surface area contributed by atoms with E-state index in [0.717, 1.165) is 42.6 Å². The van der Waals surface area contributed by atoms with Crippen molar-refractivity contribution in [3.63, 3.8) is 0 Å². The predicted octanol–water partition coefficient (Wildman–Crippen LogP) is 5.08. The molecule has 4 rings (SSSR count). The Morgan fingerprint density at radius 3 is 2.49 bits per heavy atom. The van der Waals surface area contributed by atoms with Gasteiger partial charge in [-0.3, -0.25) is 25.2 Å². The van der Waals surface area contributed by atoms with Crippen molar-refractivity contribution in [2.24, 2.45) is 16.8 Å². The fourth-order valence-electron chi connectivity index (χ4n) is 4.69. The number of nitrogens with zero attached hydrogens (tertiary/aromatic N) is 3. The molecule has 0 aromatic heterocycles. The van der Waals surface area contributed by atoms with Crippen molar-refractivity contribution >= 4 is 29.1 Å². The van der Waals surface area contributed by atoms with Crippen molar-refractivity contribution in [2.75, 3.05) is 11.4 Å². The maximum atomic E-state index is 13.7. The Hall–Kier alpha value is -3.75. The minimum absolute atomic E-state index is 0.111. The van der Waals surface area contributed by atoms with Crippen LogP contribution in [0.4, 0.5) is 16.2 Å². The van der Waals surface area contributed by atoms with Crippen molar-refractivity contribution in [3.8, 4) is 5.75 Å². The molecule has 184 valence electrons. The molecule has 0 saturated heterocycles. The first-order valence-electron chi connectivity index (χ1n) is 12.0. The molecule has 9 nitrogen and oxygen atoms in total. The van der Waals surface area contributed by atoms with Crippen molar-refractivity contribution in [1.82, 2.24) is 5.32 Å². The lowest BCUT2D eigenvalue weighted by atomic mass is 9.82. The number of hydrogen-bond acceptors (Lipinski definition) is 6. The molecule has 2 amide bonds. The summed E-state index contributed by atoms with van der Waals surface area (Å²) in [6.45, 7) is 4.56. The van der Waals surface area contributed by atoms with Gasteiger partial charge in [-0.2, -0.15) is 0 Å². The summed E-state index contributed by atoms with van der Waals surface area (Å²) in [5.74, 6) is 0.230. The standard InChI is InChI=1S/C26H30N4O5/c1-17(2)16-29-22-11-7-6-10-21(22)23(18-8-4-3-5-9-18)27-24(25(29)31)28-26(32)35-20-14-12-19(13-15-20)30(33)34/h6-7,10-15,17-18,24H,3-5,8-9,16H2,1-2H3,(H,28,32)/t24-/m0/s1. The monoisotopic (exact) mass is 478 g/mol. The smallest absolute Gasteiger partial charge is 0.410 e. The second kappa shape index (κ2) is 10.7. The normalized spacial score (nSPS) is 18.5. The molecule has 0 unspecified atom stereocenters. The van der Waals surface area contributed by atoms with Gasteiger partial charge in [-0.25, -0.2) is 4.79 Å². The van der Waals surface area contributed by atoms with E-state index in [2.05, 4.69) is 5.32 Å². The topological polar surface area (TPSA) is 114 Å². The Kier molecular flexibility index (Phi) is 7.43. The van der Waals surface area contributed by atoms with Crippen LogP contribution in [-0.2, 0) is 4.79 Å². The molecule has 0 radical (unpaired) electrons. The van der Waals surface area contributed by atoms with Crippen molar-refractivity contribution in [2.45, 2.75) is 52.1 Å². The molecule has 1 atom stereocenters. The van der Waals surface area contributed by atoms with Crippen molar-refractivity contribution in [1.29, 1.82) is 0 Å². The summed E-state index contributed by atoms with van der Waals surface area (Å²) >= 11 is 0. The highest BCUT2D eigenvalue weighted by Gasteiger charge is 2.35. The number of benzodiazepines with no additional fused rings is 1. The number of carbonyl (C=O) groups is 2. The molecule has 0 bridgehead atoms. The largest absolute Gasteiger partial charge is 0.414 e. The molecular weight excluding hydrogens is 448 g/mol. The van der Waals surface area contributed by atoms with E-state index < -0.39 is 17.2 Å². The number of anilines is 1. The number of benzene rings is 2. The van der Waals surface area contributed by atoms with E-state index in [-0.39, 0.29) is 29.2 Å². The van der Waals surface area contributed by atoms with Crippen LogP contribution in [0, 0.1) is 22.0 Å². The molecule has 1 saturated carbocycles. The molecule has 9 heteroatoms. The summed E-state index contributed by atoms with van der Waals surface area (Å²) in [4.78, 5) is 43.2. The number of non-ortho nitro benzene ring substituents is 1. The zero-order valence-corrected chi connectivity index (χ0v) is 20.0. The number of carbonyl (C=O) groups excluding carboxylic acids is 2. The zero-order valence-electron chi connectivity index (χ0n) is 20.0. The van der Waals surface area contributed by atoms with Crippen molar-refractivity contribution < 1.29 is 19.2 Å². The number of rotatable bonds is 6. The van der Waals surface area contributed by atoms with Gasteiger partial charge in [0.1, 0.15) is 5.75 Å². The van der Waals surface area contributed by atoms with Gasteiger partial charge in [0.25, 0.3) is 11.6 Å². The van der Waals surface area contributed by atoms with E-state index in [4.69, 9.17) is 9.73 Å². The van der Waals surface area contributed by atoms with Gasteiger partial charge in [0.15, 0.2) is 0 Å². The van der Waals surface area contributed by atoms with Crippen LogP contribution < -0.4 is 15.0 Å². The number of nitrogens with one attached hydrogen (secondary N) is 1. The van der Waals surface area contributed by atoms with Gasteiger partial charge in [-0.05, 0) is 37.0 Å². The first-order chi connectivity index (χ1) is 16.8. The number of fused-ring (bicyclic) bond motifs is 1. The third-order valence-electron chi connectivity index (χ3n) is 6.29.